The number of nitrogens with zero attached hydrogens (tertiary/aromatic N) is 3. The normalized spacial score (nSPS) is 18.5. The van der Waals surface area contributed by atoms with Gasteiger partial charge in [0.05, 0.1) is 12.1 Å². The van der Waals surface area contributed by atoms with Crippen LogP contribution in [0.3, 0.4) is 0 Å². The maximum atomic E-state index is 5.49. The molecular formula is C13H18N4OS. The average molecular weight is 278 g/mol. The predicted octanol–water partition coefficient (Wildman–Crippen LogP) is 2.94. The summed E-state index contributed by atoms with van der Waals surface area (Å²) in [5.74, 6) is 1.95. The standard InChI is InChI=1S/C13H18N4OS/c1-7-6-19-13(14-7)11(10-4-5-10)15-8(2)12-17-16-9(3)18-12/h6,8,10-11,15H,4-5H2,1-3H3/t8-,11-/m1/s1. The zero-order valence-corrected chi connectivity index (χ0v) is 12.2. The largest absolute Gasteiger partial charge is 0.424 e. The molecule has 1 saturated carbocycles. The fraction of sp³-hybridized carbons (Fsp3) is 0.615. The molecule has 0 amide bonds. The minimum absolute atomic E-state index is 0.0519. The third kappa shape index (κ3) is 2.84. The van der Waals surface area contributed by atoms with Crippen molar-refractivity contribution in [2.45, 2.75) is 45.7 Å². The van der Waals surface area contributed by atoms with Gasteiger partial charge in [-0.25, -0.2) is 4.98 Å². The summed E-state index contributed by atoms with van der Waals surface area (Å²) >= 11 is 1.73. The van der Waals surface area contributed by atoms with Crippen LogP contribution < -0.4 is 5.32 Å². The Morgan fingerprint density at radius 2 is 2.16 bits per heavy atom. The molecule has 6 heteroatoms. The van der Waals surface area contributed by atoms with Crippen LogP contribution in [0.25, 0.3) is 0 Å². The fourth-order valence-corrected chi connectivity index (χ4v) is 3.13. The Bertz CT molecular complexity index is 560. The maximum absolute atomic E-state index is 5.49. The minimum Gasteiger partial charge on any atom is -0.424 e. The molecule has 1 fully saturated rings. The Morgan fingerprint density at radius 1 is 1.37 bits per heavy atom. The highest BCUT2D eigenvalue weighted by Crippen LogP contribution is 2.42. The van der Waals surface area contributed by atoms with E-state index in [2.05, 4.69) is 32.8 Å². The Morgan fingerprint density at radius 3 is 2.68 bits per heavy atom. The average Bonchev–Trinajstić information content (AvgIpc) is 2.98. The zero-order chi connectivity index (χ0) is 13.4. The van der Waals surface area contributed by atoms with Gasteiger partial charge in [-0.15, -0.1) is 21.5 Å². The van der Waals surface area contributed by atoms with E-state index < -0.39 is 0 Å². The first kappa shape index (κ1) is 12.7. The van der Waals surface area contributed by atoms with E-state index in [9.17, 15) is 0 Å². The third-order valence-electron chi connectivity index (χ3n) is 3.34. The SMILES string of the molecule is Cc1csc([C@H](N[C@H](C)c2nnc(C)o2)C2CC2)n1. The highest BCUT2D eigenvalue weighted by molar-refractivity contribution is 7.09. The summed E-state index contributed by atoms with van der Waals surface area (Å²) in [7, 11) is 0. The monoisotopic (exact) mass is 278 g/mol. The van der Waals surface area contributed by atoms with Crippen LogP contribution >= 0.6 is 11.3 Å². The first-order valence-corrected chi connectivity index (χ1v) is 7.49. The summed E-state index contributed by atoms with van der Waals surface area (Å²) in [6.07, 6.45) is 2.54. The van der Waals surface area contributed by atoms with Crippen molar-refractivity contribution in [3.8, 4) is 0 Å². The van der Waals surface area contributed by atoms with Crippen LogP contribution in [-0.2, 0) is 0 Å². The highest BCUT2D eigenvalue weighted by atomic mass is 32.1. The summed E-state index contributed by atoms with van der Waals surface area (Å²) in [5, 5.41) is 14.8. The second kappa shape index (κ2) is 5.02. The van der Waals surface area contributed by atoms with Crippen molar-refractivity contribution in [2.24, 2.45) is 5.92 Å². The van der Waals surface area contributed by atoms with Crippen LogP contribution in [-0.4, -0.2) is 15.2 Å². The maximum Gasteiger partial charge on any atom is 0.233 e. The van der Waals surface area contributed by atoms with Crippen molar-refractivity contribution >= 4 is 11.3 Å². The number of aryl methyl sites for hydroxylation is 2. The Kier molecular flexibility index (Phi) is 3.36. The lowest BCUT2D eigenvalue weighted by Gasteiger charge is -2.19. The molecule has 0 aromatic carbocycles. The van der Waals surface area contributed by atoms with E-state index in [1.807, 2.05) is 13.8 Å². The van der Waals surface area contributed by atoms with Crippen molar-refractivity contribution in [3.63, 3.8) is 0 Å². The molecule has 1 aliphatic carbocycles. The lowest BCUT2D eigenvalue weighted by Crippen LogP contribution is -2.26. The van der Waals surface area contributed by atoms with Crippen molar-refractivity contribution in [1.82, 2.24) is 20.5 Å². The molecule has 0 aliphatic heterocycles. The molecule has 5 nitrogen and oxygen atoms in total. The van der Waals surface area contributed by atoms with E-state index in [0.717, 1.165) is 5.69 Å². The smallest absolute Gasteiger partial charge is 0.233 e. The number of aromatic nitrogens is 3. The van der Waals surface area contributed by atoms with Gasteiger partial charge in [-0.2, -0.15) is 0 Å². The lowest BCUT2D eigenvalue weighted by molar-refractivity contribution is 0.354. The first-order valence-electron chi connectivity index (χ1n) is 6.61. The molecule has 0 unspecified atom stereocenters. The van der Waals surface area contributed by atoms with Crippen LogP contribution in [0.15, 0.2) is 9.80 Å². The van der Waals surface area contributed by atoms with Gasteiger partial charge in [-0.3, -0.25) is 5.32 Å². The topological polar surface area (TPSA) is 63.8 Å². The van der Waals surface area contributed by atoms with Gasteiger partial charge in [0.2, 0.25) is 11.8 Å². The van der Waals surface area contributed by atoms with Gasteiger partial charge in [0.1, 0.15) is 5.01 Å². The molecular weight excluding hydrogens is 260 g/mol. The van der Waals surface area contributed by atoms with E-state index in [4.69, 9.17) is 4.42 Å². The van der Waals surface area contributed by atoms with E-state index in [0.29, 0.717) is 23.7 Å². The molecule has 0 bridgehead atoms. The van der Waals surface area contributed by atoms with Gasteiger partial charge in [0, 0.05) is 18.0 Å². The van der Waals surface area contributed by atoms with E-state index >= 15 is 0 Å². The van der Waals surface area contributed by atoms with Crippen molar-refractivity contribution in [2.75, 3.05) is 0 Å². The molecule has 0 saturated heterocycles. The molecule has 2 atom stereocenters. The van der Waals surface area contributed by atoms with Crippen molar-refractivity contribution in [3.05, 3.63) is 27.9 Å². The molecule has 1 N–H and O–H groups in total. The van der Waals surface area contributed by atoms with Gasteiger partial charge < -0.3 is 4.42 Å². The van der Waals surface area contributed by atoms with Crippen LogP contribution in [0.1, 0.15) is 54.3 Å². The molecule has 102 valence electrons. The van der Waals surface area contributed by atoms with Crippen LogP contribution in [0.2, 0.25) is 0 Å². The second-order valence-corrected chi connectivity index (χ2v) is 6.08. The van der Waals surface area contributed by atoms with Gasteiger partial charge in [0.15, 0.2) is 0 Å². The summed E-state index contributed by atoms with van der Waals surface area (Å²) in [4.78, 5) is 4.61. The van der Waals surface area contributed by atoms with Crippen LogP contribution in [0.5, 0.6) is 0 Å². The molecule has 2 aromatic rings. The van der Waals surface area contributed by atoms with Gasteiger partial charge >= 0.3 is 0 Å². The molecule has 3 rings (SSSR count). The predicted molar refractivity (Wildman–Crippen MR) is 72.9 cm³/mol. The van der Waals surface area contributed by atoms with E-state index in [1.165, 1.54) is 17.8 Å². The second-order valence-electron chi connectivity index (χ2n) is 5.19. The molecule has 2 aromatic heterocycles. The molecule has 2 heterocycles. The Balaban J connectivity index is 1.75. The number of hydrogen-bond acceptors (Lipinski definition) is 6. The Labute approximate surface area is 116 Å². The third-order valence-corrected chi connectivity index (χ3v) is 4.38. The van der Waals surface area contributed by atoms with E-state index in [1.54, 1.807) is 11.3 Å². The summed E-state index contributed by atoms with van der Waals surface area (Å²) in [6.45, 7) is 5.91. The zero-order valence-electron chi connectivity index (χ0n) is 11.4. The van der Waals surface area contributed by atoms with Gasteiger partial charge in [0.25, 0.3) is 0 Å². The lowest BCUT2D eigenvalue weighted by atomic mass is 10.1. The molecule has 19 heavy (non-hydrogen) atoms. The number of hydrogen-bond donors (Lipinski definition) is 1. The minimum atomic E-state index is 0.0519. The summed E-state index contributed by atoms with van der Waals surface area (Å²) in [6, 6.07) is 0.358. The van der Waals surface area contributed by atoms with Crippen LogP contribution in [0, 0.1) is 19.8 Å². The highest BCUT2D eigenvalue weighted by Gasteiger charge is 2.35. The number of nitrogens with one attached hydrogen (secondary N) is 1. The van der Waals surface area contributed by atoms with Crippen molar-refractivity contribution in [1.29, 1.82) is 0 Å². The van der Waals surface area contributed by atoms with E-state index in [-0.39, 0.29) is 6.04 Å². The molecule has 0 radical (unpaired) electrons. The van der Waals surface area contributed by atoms with Crippen LogP contribution in [0.4, 0.5) is 0 Å². The Hall–Kier alpha value is -1.27. The molecule has 1 aliphatic rings. The summed E-state index contributed by atoms with van der Waals surface area (Å²) < 4.78 is 5.49. The quantitative estimate of drug-likeness (QED) is 0.911. The van der Waals surface area contributed by atoms with Gasteiger partial charge in [-0.05, 0) is 32.6 Å². The van der Waals surface area contributed by atoms with Gasteiger partial charge in [-0.1, -0.05) is 0 Å². The van der Waals surface area contributed by atoms with Crippen molar-refractivity contribution < 1.29 is 4.42 Å². The fourth-order valence-electron chi connectivity index (χ4n) is 2.18. The number of rotatable bonds is 5. The number of thiazole rings is 1. The molecule has 0 spiro atoms. The first-order chi connectivity index (χ1) is 9.13. The summed E-state index contributed by atoms with van der Waals surface area (Å²) in [5.41, 5.74) is 1.09.